The van der Waals surface area contributed by atoms with Gasteiger partial charge in [0.2, 0.25) is 0 Å². The van der Waals surface area contributed by atoms with Crippen LogP contribution < -0.4 is 5.56 Å². The first-order chi connectivity index (χ1) is 11.8. The van der Waals surface area contributed by atoms with E-state index in [2.05, 4.69) is 26.0 Å². The fraction of sp³-hybridized carbons (Fsp3) is 0.211. The lowest BCUT2D eigenvalue weighted by molar-refractivity contribution is 0.506. The van der Waals surface area contributed by atoms with Crippen LogP contribution in [0.2, 0.25) is 5.02 Å². The Morgan fingerprint density at radius 3 is 2.64 bits per heavy atom. The smallest absolute Gasteiger partial charge is 0.267 e. The molecule has 4 nitrogen and oxygen atoms in total. The highest BCUT2D eigenvalue weighted by molar-refractivity contribution is 9.10. The molecule has 1 aromatic heterocycles. The maximum Gasteiger partial charge on any atom is 0.282 e. The molecule has 0 atom stereocenters. The van der Waals surface area contributed by atoms with Crippen LogP contribution >= 0.6 is 27.5 Å². The van der Waals surface area contributed by atoms with Gasteiger partial charge in [0.05, 0.1) is 17.1 Å². The minimum atomic E-state index is -0.341. The van der Waals surface area contributed by atoms with Gasteiger partial charge in [-0.15, -0.1) is 0 Å². The lowest BCUT2D eigenvalue weighted by atomic mass is 9.95. The fourth-order valence-electron chi connectivity index (χ4n) is 2.45. The Kier molecular flexibility index (Phi) is 4.80. The van der Waals surface area contributed by atoms with E-state index in [4.69, 9.17) is 11.6 Å². The third kappa shape index (κ3) is 3.83. The third-order valence-electron chi connectivity index (χ3n) is 3.65. The number of hydrogen-bond donors (Lipinski definition) is 0. The summed E-state index contributed by atoms with van der Waals surface area (Å²) in [7, 11) is 0. The summed E-state index contributed by atoms with van der Waals surface area (Å²) < 4.78 is 2.20. The summed E-state index contributed by atoms with van der Waals surface area (Å²) in [4.78, 5) is 17.7. The van der Waals surface area contributed by atoms with Crippen LogP contribution in [0.4, 0.5) is 0 Å². The maximum atomic E-state index is 13.0. The molecule has 0 spiro atoms. The predicted molar refractivity (Wildman–Crippen MR) is 107 cm³/mol. The van der Waals surface area contributed by atoms with E-state index in [-0.39, 0.29) is 11.0 Å². The lowest BCUT2D eigenvalue weighted by Gasteiger charge is -2.20. The minimum absolute atomic E-state index is 0.200. The normalized spacial score (nSPS) is 12.2. The first kappa shape index (κ1) is 17.8. The molecule has 1 heterocycles. The number of halogens is 2. The van der Waals surface area contributed by atoms with Gasteiger partial charge in [-0.25, -0.2) is 4.98 Å². The molecule has 0 bridgehead atoms. The van der Waals surface area contributed by atoms with Crippen LogP contribution in [0.3, 0.4) is 0 Å². The average Bonchev–Trinajstić information content (AvgIpc) is 2.53. The molecule has 0 aliphatic heterocycles. The molecular formula is C19H17BrClN3O. The Morgan fingerprint density at radius 2 is 1.96 bits per heavy atom. The topological polar surface area (TPSA) is 47.2 Å². The van der Waals surface area contributed by atoms with E-state index in [0.29, 0.717) is 21.7 Å². The quantitative estimate of drug-likeness (QED) is 0.550. The summed E-state index contributed by atoms with van der Waals surface area (Å²) in [6.07, 6.45) is 1.62. The molecule has 2 aromatic carbocycles. The predicted octanol–water partition coefficient (Wildman–Crippen LogP) is 4.99. The van der Waals surface area contributed by atoms with E-state index in [1.54, 1.807) is 24.4 Å². The van der Waals surface area contributed by atoms with E-state index >= 15 is 0 Å². The van der Waals surface area contributed by atoms with Gasteiger partial charge in [0.15, 0.2) is 0 Å². The summed E-state index contributed by atoms with van der Waals surface area (Å²) in [6.45, 7) is 6.01. The van der Waals surface area contributed by atoms with E-state index in [1.807, 2.05) is 45.0 Å². The van der Waals surface area contributed by atoms with Gasteiger partial charge in [-0.05, 0) is 35.9 Å². The van der Waals surface area contributed by atoms with Crippen LogP contribution in [0.25, 0.3) is 10.9 Å². The summed E-state index contributed by atoms with van der Waals surface area (Å²) in [5.41, 5.74) is 0.932. The Bertz CT molecular complexity index is 1030. The van der Waals surface area contributed by atoms with Crippen LogP contribution in [-0.2, 0) is 5.41 Å². The Morgan fingerprint density at radius 1 is 1.20 bits per heavy atom. The number of aromatic nitrogens is 2. The Hall–Kier alpha value is -1.98. The zero-order chi connectivity index (χ0) is 18.2. The van der Waals surface area contributed by atoms with Crippen LogP contribution in [0.1, 0.15) is 32.2 Å². The van der Waals surface area contributed by atoms with Crippen molar-refractivity contribution in [3.05, 3.63) is 73.7 Å². The van der Waals surface area contributed by atoms with E-state index in [1.165, 1.54) is 4.68 Å². The molecule has 3 rings (SSSR count). The second-order valence-electron chi connectivity index (χ2n) is 6.76. The number of nitrogens with zero attached hydrogens (tertiary/aromatic N) is 3. The van der Waals surface area contributed by atoms with Gasteiger partial charge in [-0.3, -0.25) is 4.79 Å². The Balaban J connectivity index is 2.24. The molecular weight excluding hydrogens is 402 g/mol. The molecule has 6 heteroatoms. The summed E-state index contributed by atoms with van der Waals surface area (Å²) in [5, 5.41) is 5.54. The second kappa shape index (κ2) is 6.73. The van der Waals surface area contributed by atoms with Gasteiger partial charge in [-0.1, -0.05) is 60.4 Å². The SMILES string of the molecule is CC(C)(C)c1nc2ccc(Br)cc2c(=O)n1N=Cc1cccc(Cl)c1. The summed E-state index contributed by atoms with van der Waals surface area (Å²) >= 11 is 9.41. The van der Waals surface area contributed by atoms with Gasteiger partial charge in [0.25, 0.3) is 5.56 Å². The highest BCUT2D eigenvalue weighted by Gasteiger charge is 2.22. The largest absolute Gasteiger partial charge is 0.282 e. The Labute approximate surface area is 159 Å². The molecule has 25 heavy (non-hydrogen) atoms. The van der Waals surface area contributed by atoms with Crippen LogP contribution in [-0.4, -0.2) is 15.9 Å². The van der Waals surface area contributed by atoms with Crippen molar-refractivity contribution in [3.8, 4) is 0 Å². The van der Waals surface area contributed by atoms with Crippen molar-refractivity contribution < 1.29 is 0 Å². The average molecular weight is 419 g/mol. The molecule has 0 saturated heterocycles. The standard InChI is InChI=1S/C19H17BrClN3O/c1-19(2,3)18-23-16-8-7-13(20)10-15(16)17(25)24(18)22-11-12-5-4-6-14(21)9-12/h4-11H,1-3H3. The van der Waals surface area contributed by atoms with Crippen molar-refractivity contribution in [2.45, 2.75) is 26.2 Å². The van der Waals surface area contributed by atoms with Crippen molar-refractivity contribution in [3.63, 3.8) is 0 Å². The van der Waals surface area contributed by atoms with Crippen molar-refractivity contribution >= 4 is 44.6 Å². The van der Waals surface area contributed by atoms with Crippen LogP contribution in [0.5, 0.6) is 0 Å². The number of hydrogen-bond acceptors (Lipinski definition) is 3. The molecule has 0 saturated carbocycles. The summed E-state index contributed by atoms with van der Waals surface area (Å²) in [5.74, 6) is 0.602. The van der Waals surface area contributed by atoms with Crippen LogP contribution in [0.15, 0.2) is 56.8 Å². The maximum absolute atomic E-state index is 13.0. The zero-order valence-electron chi connectivity index (χ0n) is 14.1. The molecule has 0 unspecified atom stereocenters. The van der Waals surface area contributed by atoms with Crippen molar-refractivity contribution in [1.82, 2.24) is 9.66 Å². The molecule has 0 aliphatic rings. The summed E-state index contributed by atoms with van der Waals surface area (Å²) in [6, 6.07) is 12.8. The zero-order valence-corrected chi connectivity index (χ0v) is 16.5. The van der Waals surface area contributed by atoms with Gasteiger partial charge in [-0.2, -0.15) is 9.78 Å². The first-order valence-electron chi connectivity index (χ1n) is 7.78. The van der Waals surface area contributed by atoms with Gasteiger partial charge < -0.3 is 0 Å². The van der Waals surface area contributed by atoms with E-state index in [9.17, 15) is 4.79 Å². The minimum Gasteiger partial charge on any atom is -0.267 e. The van der Waals surface area contributed by atoms with Gasteiger partial charge in [0.1, 0.15) is 5.82 Å². The number of benzene rings is 2. The van der Waals surface area contributed by atoms with E-state index < -0.39 is 0 Å². The third-order valence-corrected chi connectivity index (χ3v) is 4.38. The molecule has 0 fully saturated rings. The van der Waals surface area contributed by atoms with Crippen molar-refractivity contribution in [2.75, 3.05) is 0 Å². The van der Waals surface area contributed by atoms with E-state index in [0.717, 1.165) is 10.0 Å². The molecule has 128 valence electrons. The second-order valence-corrected chi connectivity index (χ2v) is 8.12. The molecule has 0 amide bonds. The fourth-order valence-corrected chi connectivity index (χ4v) is 3.01. The number of fused-ring (bicyclic) bond motifs is 1. The molecule has 3 aromatic rings. The van der Waals surface area contributed by atoms with Gasteiger partial charge >= 0.3 is 0 Å². The number of rotatable bonds is 2. The van der Waals surface area contributed by atoms with Crippen molar-refractivity contribution in [1.29, 1.82) is 0 Å². The lowest BCUT2D eigenvalue weighted by Crippen LogP contribution is -2.29. The monoisotopic (exact) mass is 417 g/mol. The van der Waals surface area contributed by atoms with Gasteiger partial charge in [0, 0.05) is 14.9 Å². The highest BCUT2D eigenvalue weighted by Crippen LogP contribution is 2.23. The molecule has 0 N–H and O–H groups in total. The molecule has 0 aliphatic carbocycles. The van der Waals surface area contributed by atoms with Crippen molar-refractivity contribution in [2.24, 2.45) is 5.10 Å². The highest BCUT2D eigenvalue weighted by atomic mass is 79.9. The first-order valence-corrected chi connectivity index (χ1v) is 8.95. The van der Waals surface area contributed by atoms with Crippen LogP contribution in [0, 0.1) is 0 Å². The molecule has 0 radical (unpaired) electrons.